The van der Waals surface area contributed by atoms with Gasteiger partial charge in [-0.05, 0) is 59.5 Å². The number of carbonyl (C=O) groups is 2. The molecule has 0 unspecified atom stereocenters. The van der Waals surface area contributed by atoms with Gasteiger partial charge in [-0.2, -0.15) is 4.31 Å². The van der Waals surface area contributed by atoms with Crippen molar-refractivity contribution in [2.24, 2.45) is 0 Å². The second kappa shape index (κ2) is 14.0. The normalized spacial score (nSPS) is 13.1. The van der Waals surface area contributed by atoms with E-state index in [1.54, 1.807) is 42.5 Å². The Kier molecular flexibility index (Phi) is 10.4. The predicted octanol–water partition coefficient (Wildman–Crippen LogP) is 5.67. The summed E-state index contributed by atoms with van der Waals surface area (Å²) < 4.78 is 28.2. The molecule has 0 fully saturated rings. The van der Waals surface area contributed by atoms with Gasteiger partial charge in [0.05, 0.1) is 11.4 Å². The van der Waals surface area contributed by atoms with Crippen molar-refractivity contribution in [2.75, 3.05) is 13.6 Å². The highest BCUT2D eigenvalue weighted by Gasteiger charge is 2.33. The molecular weight excluding hydrogens is 570 g/mol. The van der Waals surface area contributed by atoms with Crippen molar-refractivity contribution in [1.29, 1.82) is 0 Å². The van der Waals surface area contributed by atoms with Gasteiger partial charge in [0.1, 0.15) is 6.04 Å². The molecule has 0 saturated heterocycles. The minimum Gasteiger partial charge on any atom is -0.352 e. The summed E-state index contributed by atoms with van der Waals surface area (Å²) in [5.74, 6) is -0.785. The van der Waals surface area contributed by atoms with E-state index in [1.165, 1.54) is 11.9 Å². The fourth-order valence-electron chi connectivity index (χ4n) is 4.66. The van der Waals surface area contributed by atoms with Crippen molar-refractivity contribution >= 4 is 44.2 Å². The van der Waals surface area contributed by atoms with Crippen molar-refractivity contribution < 1.29 is 18.0 Å². The van der Waals surface area contributed by atoms with Crippen LogP contribution < -0.4 is 5.32 Å². The fraction of sp³-hybridized carbons (Fsp3) is 0.273. The van der Waals surface area contributed by atoms with E-state index in [9.17, 15) is 18.0 Å². The van der Waals surface area contributed by atoms with Crippen molar-refractivity contribution in [3.05, 3.63) is 113 Å². The van der Waals surface area contributed by atoms with Crippen LogP contribution >= 0.6 is 11.6 Å². The number of sulfonamides is 1. The lowest BCUT2D eigenvalue weighted by Crippen LogP contribution is -2.54. The Bertz CT molecular complexity index is 1630. The van der Waals surface area contributed by atoms with E-state index in [0.717, 1.165) is 32.6 Å². The van der Waals surface area contributed by atoms with E-state index in [1.807, 2.05) is 68.4 Å². The van der Waals surface area contributed by atoms with E-state index in [-0.39, 0.29) is 29.8 Å². The van der Waals surface area contributed by atoms with Crippen LogP contribution in [0.3, 0.4) is 0 Å². The third-order valence-corrected chi connectivity index (χ3v) is 9.38. The van der Waals surface area contributed by atoms with Crippen LogP contribution in [0.1, 0.15) is 31.4 Å². The van der Waals surface area contributed by atoms with Crippen LogP contribution in [0.2, 0.25) is 5.02 Å². The third kappa shape index (κ3) is 7.76. The van der Waals surface area contributed by atoms with Crippen LogP contribution in [0, 0.1) is 0 Å². The van der Waals surface area contributed by atoms with E-state index in [0.29, 0.717) is 5.02 Å². The number of amides is 2. The highest BCUT2D eigenvalue weighted by atomic mass is 35.5. The fourth-order valence-corrected chi connectivity index (χ4v) is 5.94. The summed E-state index contributed by atoms with van der Waals surface area (Å²) >= 11 is 6.10. The SMILES string of the molecule is CC[C@H](C)NC(=O)[C@H](Cc1ccccc1)N(Cc1ccc(Cl)cc1)C(=O)CN(C)S(=O)(=O)c1ccc2ccccc2c1. The first-order valence-corrected chi connectivity index (χ1v) is 15.7. The predicted molar refractivity (Wildman–Crippen MR) is 168 cm³/mol. The molecule has 0 aliphatic heterocycles. The van der Waals surface area contributed by atoms with Crippen molar-refractivity contribution in [3.8, 4) is 0 Å². The molecule has 7 nitrogen and oxygen atoms in total. The number of hydrogen-bond donors (Lipinski definition) is 1. The summed E-state index contributed by atoms with van der Waals surface area (Å²) in [5, 5.41) is 5.27. The number of benzene rings is 4. The van der Waals surface area contributed by atoms with Gasteiger partial charge in [0.15, 0.2) is 0 Å². The minimum atomic E-state index is -4.00. The zero-order valence-electron chi connectivity index (χ0n) is 24.0. The molecule has 2 atom stereocenters. The molecule has 0 heterocycles. The van der Waals surface area contributed by atoms with Crippen LogP contribution in [0.15, 0.2) is 102 Å². The van der Waals surface area contributed by atoms with Crippen LogP contribution in [0.4, 0.5) is 0 Å². The molecule has 9 heteroatoms. The molecule has 0 radical (unpaired) electrons. The number of halogens is 1. The molecule has 2 amide bonds. The smallest absolute Gasteiger partial charge is 0.243 e. The zero-order chi connectivity index (χ0) is 30.3. The van der Waals surface area contributed by atoms with Gasteiger partial charge >= 0.3 is 0 Å². The standard InChI is InChI=1S/C33H36ClN3O4S/c1-4-24(2)35-33(39)31(20-25-10-6-5-7-11-25)37(22-26-14-17-29(34)18-15-26)32(38)23-36(3)42(40,41)30-19-16-27-12-8-9-13-28(27)21-30/h5-19,21,24,31H,4,20,22-23H2,1-3H3,(H,35,39)/t24-,31-/m0/s1. The number of carbonyl (C=O) groups excluding carboxylic acids is 2. The average Bonchev–Trinajstić information content (AvgIpc) is 2.99. The molecule has 220 valence electrons. The highest BCUT2D eigenvalue weighted by Crippen LogP contribution is 2.22. The lowest BCUT2D eigenvalue weighted by Gasteiger charge is -2.33. The molecule has 0 bridgehead atoms. The third-order valence-electron chi connectivity index (χ3n) is 7.33. The Balaban J connectivity index is 1.67. The van der Waals surface area contributed by atoms with E-state index < -0.39 is 28.5 Å². The van der Waals surface area contributed by atoms with Gasteiger partial charge in [0, 0.05) is 31.1 Å². The number of hydrogen-bond acceptors (Lipinski definition) is 4. The maximum atomic E-state index is 14.0. The summed E-state index contributed by atoms with van der Waals surface area (Å²) in [6.07, 6.45) is 0.991. The van der Waals surface area contributed by atoms with Crippen LogP contribution in [-0.4, -0.2) is 55.1 Å². The molecule has 4 aromatic carbocycles. The first-order chi connectivity index (χ1) is 20.1. The molecule has 0 aromatic heterocycles. The first-order valence-electron chi connectivity index (χ1n) is 13.9. The van der Waals surface area contributed by atoms with Gasteiger partial charge < -0.3 is 10.2 Å². The van der Waals surface area contributed by atoms with Crippen molar-refractivity contribution in [1.82, 2.24) is 14.5 Å². The van der Waals surface area contributed by atoms with E-state index in [2.05, 4.69) is 5.32 Å². The van der Waals surface area contributed by atoms with Crippen LogP contribution in [0.5, 0.6) is 0 Å². The molecule has 1 N–H and O–H groups in total. The Morgan fingerprint density at radius 3 is 2.17 bits per heavy atom. The number of likely N-dealkylation sites (N-methyl/N-ethyl adjacent to an activating group) is 1. The number of rotatable bonds is 12. The van der Waals surface area contributed by atoms with Gasteiger partial charge in [-0.15, -0.1) is 0 Å². The summed E-state index contributed by atoms with van der Waals surface area (Å²) in [6, 6.07) is 27.9. The number of nitrogens with zero attached hydrogens (tertiary/aromatic N) is 2. The topological polar surface area (TPSA) is 86.8 Å². The Hall–Kier alpha value is -3.72. The van der Waals surface area contributed by atoms with Crippen molar-refractivity contribution in [3.63, 3.8) is 0 Å². The van der Waals surface area contributed by atoms with Gasteiger partial charge in [0.25, 0.3) is 0 Å². The minimum absolute atomic E-state index is 0.0936. The monoisotopic (exact) mass is 605 g/mol. The van der Waals surface area contributed by atoms with Gasteiger partial charge in [-0.3, -0.25) is 9.59 Å². The van der Waals surface area contributed by atoms with Gasteiger partial charge in [-0.25, -0.2) is 8.42 Å². The molecule has 42 heavy (non-hydrogen) atoms. The number of fused-ring (bicyclic) bond motifs is 1. The maximum Gasteiger partial charge on any atom is 0.243 e. The average molecular weight is 606 g/mol. The summed E-state index contributed by atoms with van der Waals surface area (Å²) in [6.45, 7) is 3.54. The van der Waals surface area contributed by atoms with Crippen molar-refractivity contribution in [2.45, 2.75) is 50.2 Å². The van der Waals surface area contributed by atoms with Crippen LogP contribution in [-0.2, 0) is 32.6 Å². The first kappa shape index (κ1) is 31.2. The Morgan fingerprint density at radius 1 is 0.857 bits per heavy atom. The summed E-state index contributed by atoms with van der Waals surface area (Å²) in [4.78, 5) is 29.3. The molecule has 4 aromatic rings. The molecule has 0 aliphatic rings. The Morgan fingerprint density at radius 2 is 1.50 bits per heavy atom. The van der Waals surface area contributed by atoms with Gasteiger partial charge in [0.2, 0.25) is 21.8 Å². The zero-order valence-corrected chi connectivity index (χ0v) is 25.6. The molecular formula is C33H36ClN3O4S. The lowest BCUT2D eigenvalue weighted by atomic mass is 10.0. The second-order valence-corrected chi connectivity index (χ2v) is 12.9. The molecule has 0 aliphatic carbocycles. The summed E-state index contributed by atoms with van der Waals surface area (Å²) in [7, 11) is -2.61. The number of nitrogens with one attached hydrogen (secondary N) is 1. The van der Waals surface area contributed by atoms with E-state index >= 15 is 0 Å². The van der Waals surface area contributed by atoms with E-state index in [4.69, 9.17) is 11.6 Å². The van der Waals surface area contributed by atoms with Crippen LogP contribution in [0.25, 0.3) is 10.8 Å². The largest absolute Gasteiger partial charge is 0.352 e. The summed E-state index contributed by atoms with van der Waals surface area (Å²) in [5.41, 5.74) is 1.65. The quantitative estimate of drug-likeness (QED) is 0.225. The maximum absolute atomic E-state index is 14.0. The highest BCUT2D eigenvalue weighted by molar-refractivity contribution is 7.89. The molecule has 0 spiro atoms. The molecule has 4 rings (SSSR count). The molecule has 0 saturated carbocycles. The Labute approximate surface area is 253 Å². The lowest BCUT2D eigenvalue weighted by molar-refractivity contribution is -0.141. The van der Waals surface area contributed by atoms with Gasteiger partial charge in [-0.1, -0.05) is 91.3 Å². The second-order valence-electron chi connectivity index (χ2n) is 10.4.